The van der Waals surface area contributed by atoms with Gasteiger partial charge >= 0.3 is 5.97 Å². The fourth-order valence-corrected chi connectivity index (χ4v) is 1.42. The van der Waals surface area contributed by atoms with E-state index >= 15 is 0 Å². The van der Waals surface area contributed by atoms with Crippen molar-refractivity contribution < 1.29 is 14.7 Å². The third-order valence-corrected chi connectivity index (χ3v) is 2.86. The van der Waals surface area contributed by atoms with Gasteiger partial charge in [-0.3, -0.25) is 4.79 Å². The molecule has 0 fully saturated rings. The minimum atomic E-state index is -1.04. The number of nitrogen functional groups attached to an aromatic ring is 1. The number of aliphatic carboxylic acids is 1. The number of rotatable bonds is 3. The van der Waals surface area contributed by atoms with Crippen LogP contribution in [0, 0.1) is 6.92 Å². The Morgan fingerprint density at radius 2 is 2.00 bits per heavy atom. The van der Waals surface area contributed by atoms with E-state index in [1.54, 1.807) is 25.1 Å². The molecule has 0 aromatic heterocycles. The van der Waals surface area contributed by atoms with E-state index in [0.29, 0.717) is 16.8 Å². The highest BCUT2D eigenvalue weighted by molar-refractivity contribution is 5.98. The molecule has 0 aliphatic carbocycles. The Hall–Kier alpha value is -2.04. The highest BCUT2D eigenvalue weighted by Gasteiger charge is 2.23. The molecule has 92 valence electrons. The first kappa shape index (κ1) is 13.0. The van der Waals surface area contributed by atoms with Crippen LogP contribution in [0.4, 0.5) is 5.69 Å². The third-order valence-electron chi connectivity index (χ3n) is 2.86. The van der Waals surface area contributed by atoms with E-state index in [1.165, 1.54) is 18.9 Å². The molecule has 0 aliphatic heterocycles. The minimum absolute atomic E-state index is 0.343. The van der Waals surface area contributed by atoms with Gasteiger partial charge in [0.15, 0.2) is 0 Å². The summed E-state index contributed by atoms with van der Waals surface area (Å²) in [6.45, 7) is 3.20. The van der Waals surface area contributed by atoms with Crippen molar-refractivity contribution in [2.24, 2.45) is 0 Å². The maximum absolute atomic E-state index is 12.1. The van der Waals surface area contributed by atoms with Gasteiger partial charge in [0.05, 0.1) is 0 Å². The Labute approximate surface area is 99.8 Å². The maximum Gasteiger partial charge on any atom is 0.326 e. The molecular weight excluding hydrogens is 220 g/mol. The summed E-state index contributed by atoms with van der Waals surface area (Å²) in [7, 11) is 1.46. The molecule has 3 N–H and O–H groups in total. The smallest absolute Gasteiger partial charge is 0.326 e. The molecule has 0 heterocycles. The molecule has 5 heteroatoms. The summed E-state index contributed by atoms with van der Waals surface area (Å²) >= 11 is 0. The number of nitrogens with two attached hydrogens (primary N) is 1. The summed E-state index contributed by atoms with van der Waals surface area (Å²) in [6.07, 6.45) is 0. The zero-order valence-electron chi connectivity index (χ0n) is 10.1. The quantitative estimate of drug-likeness (QED) is 0.770. The molecule has 1 amide bonds. The predicted octanol–water partition coefficient (Wildman–Crippen LogP) is 1.12. The summed E-state index contributed by atoms with van der Waals surface area (Å²) in [4.78, 5) is 24.1. The second-order valence-electron chi connectivity index (χ2n) is 3.95. The summed E-state index contributed by atoms with van der Waals surface area (Å²) in [6, 6.07) is 4.14. The Kier molecular flexibility index (Phi) is 3.73. The van der Waals surface area contributed by atoms with Gasteiger partial charge in [0, 0.05) is 18.3 Å². The number of nitrogens with zero attached hydrogens (tertiary/aromatic N) is 1. The third kappa shape index (κ3) is 2.55. The lowest BCUT2D eigenvalue weighted by Gasteiger charge is -2.22. The van der Waals surface area contributed by atoms with Crippen molar-refractivity contribution in [1.29, 1.82) is 0 Å². The van der Waals surface area contributed by atoms with Crippen LogP contribution in [0.25, 0.3) is 0 Å². The average Bonchev–Trinajstić information content (AvgIpc) is 2.29. The number of anilines is 1. The summed E-state index contributed by atoms with van der Waals surface area (Å²) in [5, 5.41) is 8.85. The van der Waals surface area contributed by atoms with Gasteiger partial charge in [0.25, 0.3) is 5.91 Å². The lowest BCUT2D eigenvalue weighted by molar-refractivity contribution is -0.141. The van der Waals surface area contributed by atoms with Crippen molar-refractivity contribution in [1.82, 2.24) is 4.90 Å². The molecule has 0 spiro atoms. The van der Waals surface area contributed by atoms with Gasteiger partial charge in [-0.1, -0.05) is 6.07 Å². The summed E-state index contributed by atoms with van der Waals surface area (Å²) < 4.78 is 0. The van der Waals surface area contributed by atoms with Gasteiger partial charge < -0.3 is 15.7 Å². The van der Waals surface area contributed by atoms with Crippen LogP contribution >= 0.6 is 0 Å². The summed E-state index contributed by atoms with van der Waals surface area (Å²) in [5.74, 6) is -1.38. The molecule has 0 saturated carbocycles. The molecule has 0 bridgehead atoms. The van der Waals surface area contributed by atoms with Gasteiger partial charge in [0.1, 0.15) is 6.04 Å². The van der Waals surface area contributed by atoms with Crippen LogP contribution in [0.3, 0.4) is 0 Å². The van der Waals surface area contributed by atoms with E-state index < -0.39 is 12.0 Å². The number of benzene rings is 1. The zero-order chi connectivity index (χ0) is 13.2. The van der Waals surface area contributed by atoms with Crippen molar-refractivity contribution in [3.63, 3.8) is 0 Å². The monoisotopic (exact) mass is 236 g/mol. The number of amides is 1. The Bertz CT molecular complexity index is 457. The van der Waals surface area contributed by atoms with Crippen molar-refractivity contribution in [2.75, 3.05) is 12.8 Å². The van der Waals surface area contributed by atoms with Gasteiger partial charge in [0.2, 0.25) is 0 Å². The van der Waals surface area contributed by atoms with E-state index in [2.05, 4.69) is 0 Å². The number of carbonyl (C=O) groups is 2. The minimum Gasteiger partial charge on any atom is -0.480 e. The van der Waals surface area contributed by atoms with Crippen LogP contribution in [0.2, 0.25) is 0 Å². The van der Waals surface area contributed by atoms with E-state index in [0.717, 1.165) is 0 Å². The van der Waals surface area contributed by atoms with E-state index in [1.807, 2.05) is 0 Å². The van der Waals surface area contributed by atoms with Crippen LogP contribution in [0.5, 0.6) is 0 Å². The largest absolute Gasteiger partial charge is 0.480 e. The molecule has 1 rings (SSSR count). The molecule has 1 aromatic carbocycles. The Morgan fingerprint density at radius 3 is 2.53 bits per heavy atom. The highest BCUT2D eigenvalue weighted by atomic mass is 16.4. The van der Waals surface area contributed by atoms with Crippen LogP contribution in [0.1, 0.15) is 22.8 Å². The molecular formula is C12H16N2O3. The van der Waals surface area contributed by atoms with Crippen molar-refractivity contribution >= 4 is 17.6 Å². The lowest BCUT2D eigenvalue weighted by Crippen LogP contribution is -2.40. The number of carbonyl (C=O) groups excluding carboxylic acids is 1. The highest BCUT2D eigenvalue weighted by Crippen LogP contribution is 2.17. The Balaban J connectivity index is 3.05. The second kappa shape index (κ2) is 4.86. The van der Waals surface area contributed by atoms with Crippen molar-refractivity contribution in [3.8, 4) is 0 Å². The fraction of sp³-hybridized carbons (Fsp3) is 0.333. The van der Waals surface area contributed by atoms with Gasteiger partial charge in [-0.25, -0.2) is 4.79 Å². The standard InChI is InChI=1S/C12H16N2O3/c1-7-9(5-4-6-10(7)13)11(15)14(3)8(2)12(16)17/h4-6,8H,13H2,1-3H3,(H,16,17). The molecule has 0 radical (unpaired) electrons. The van der Waals surface area contributed by atoms with Crippen LogP contribution in [-0.4, -0.2) is 35.0 Å². The van der Waals surface area contributed by atoms with Crippen molar-refractivity contribution in [3.05, 3.63) is 29.3 Å². The number of carboxylic acid groups (broad SMARTS) is 1. The first-order valence-electron chi connectivity index (χ1n) is 5.21. The topological polar surface area (TPSA) is 83.6 Å². The van der Waals surface area contributed by atoms with Crippen LogP contribution in [-0.2, 0) is 4.79 Å². The van der Waals surface area contributed by atoms with Gasteiger partial charge in [-0.15, -0.1) is 0 Å². The molecule has 1 atom stereocenters. The number of hydrogen-bond donors (Lipinski definition) is 2. The fourth-order valence-electron chi connectivity index (χ4n) is 1.42. The molecule has 0 saturated heterocycles. The average molecular weight is 236 g/mol. The number of carboxylic acids is 1. The first-order valence-corrected chi connectivity index (χ1v) is 5.21. The van der Waals surface area contributed by atoms with E-state index in [9.17, 15) is 9.59 Å². The Morgan fingerprint density at radius 1 is 1.41 bits per heavy atom. The first-order chi connectivity index (χ1) is 7.86. The second-order valence-corrected chi connectivity index (χ2v) is 3.95. The van der Waals surface area contributed by atoms with Gasteiger partial charge in [-0.05, 0) is 31.5 Å². The molecule has 1 unspecified atom stereocenters. The van der Waals surface area contributed by atoms with Crippen LogP contribution in [0.15, 0.2) is 18.2 Å². The number of hydrogen-bond acceptors (Lipinski definition) is 3. The van der Waals surface area contributed by atoms with E-state index in [4.69, 9.17) is 10.8 Å². The summed E-state index contributed by atoms with van der Waals surface area (Å²) in [5.41, 5.74) is 7.33. The van der Waals surface area contributed by atoms with E-state index in [-0.39, 0.29) is 5.91 Å². The zero-order valence-corrected chi connectivity index (χ0v) is 10.1. The normalized spacial score (nSPS) is 11.9. The molecule has 17 heavy (non-hydrogen) atoms. The molecule has 5 nitrogen and oxygen atoms in total. The van der Waals surface area contributed by atoms with Gasteiger partial charge in [-0.2, -0.15) is 0 Å². The molecule has 1 aromatic rings. The lowest BCUT2D eigenvalue weighted by atomic mass is 10.1. The SMILES string of the molecule is Cc1c(N)cccc1C(=O)N(C)C(C)C(=O)O. The van der Waals surface area contributed by atoms with Crippen molar-refractivity contribution in [2.45, 2.75) is 19.9 Å². The maximum atomic E-state index is 12.1. The number of likely N-dealkylation sites (N-methyl/N-ethyl adjacent to an activating group) is 1. The predicted molar refractivity (Wildman–Crippen MR) is 64.8 cm³/mol. The molecule has 0 aliphatic rings. The van der Waals surface area contributed by atoms with Crippen LogP contribution < -0.4 is 5.73 Å².